The summed E-state index contributed by atoms with van der Waals surface area (Å²) in [6.07, 6.45) is 0. The van der Waals surface area contributed by atoms with Crippen LogP contribution in [0, 0.1) is 41.5 Å². The molecule has 0 aliphatic carbocycles. The first-order chi connectivity index (χ1) is 28.2. The minimum absolute atomic E-state index is 0.534. The molecule has 0 saturated heterocycles. The quantitative estimate of drug-likeness (QED) is 0.155. The molecule has 0 N–H and O–H groups in total. The Labute approximate surface area is 341 Å². The third kappa shape index (κ3) is 6.86. The molecule has 8 aromatic carbocycles. The molecule has 0 radical (unpaired) electrons. The first kappa shape index (κ1) is 36.5. The van der Waals surface area contributed by atoms with Crippen molar-refractivity contribution in [2.75, 3.05) is 9.80 Å². The molecule has 0 bridgehead atoms. The molecular formula is C53H45N5. The molecule has 0 unspecified atom stereocenters. The van der Waals surface area contributed by atoms with Crippen LogP contribution < -0.4 is 9.80 Å². The summed E-state index contributed by atoms with van der Waals surface area (Å²) in [6.45, 7) is 13.2. The van der Waals surface area contributed by atoms with Crippen molar-refractivity contribution in [1.29, 1.82) is 0 Å². The molecule has 0 aliphatic heterocycles. The van der Waals surface area contributed by atoms with Crippen LogP contribution >= 0.6 is 0 Å². The van der Waals surface area contributed by atoms with Gasteiger partial charge in [-0.25, -0.2) is 4.98 Å². The lowest BCUT2D eigenvalue weighted by Gasteiger charge is -2.32. The van der Waals surface area contributed by atoms with Gasteiger partial charge in [-0.1, -0.05) is 139 Å². The summed E-state index contributed by atoms with van der Waals surface area (Å²) in [4.78, 5) is 20.3. The molecule has 0 amide bonds. The maximum atomic E-state index is 5.32. The zero-order valence-corrected chi connectivity index (χ0v) is 33.8. The lowest BCUT2D eigenvalue weighted by atomic mass is 9.98. The van der Waals surface area contributed by atoms with E-state index < -0.39 is 0 Å². The van der Waals surface area contributed by atoms with E-state index in [9.17, 15) is 0 Å². The molecule has 5 nitrogen and oxygen atoms in total. The highest BCUT2D eigenvalue weighted by molar-refractivity contribution is 5.96. The predicted octanol–water partition coefficient (Wildman–Crippen LogP) is 14.3. The van der Waals surface area contributed by atoms with Gasteiger partial charge in [-0.05, 0) is 122 Å². The second-order valence-electron chi connectivity index (χ2n) is 15.4. The van der Waals surface area contributed by atoms with Crippen LogP contribution in [0.25, 0.3) is 44.3 Å². The molecule has 0 saturated carbocycles. The fourth-order valence-electron chi connectivity index (χ4n) is 8.59. The highest BCUT2D eigenvalue weighted by Gasteiger charge is 2.24. The highest BCUT2D eigenvalue weighted by atomic mass is 15.3. The van der Waals surface area contributed by atoms with Gasteiger partial charge < -0.3 is 4.90 Å². The number of hydrogen-bond donors (Lipinski definition) is 0. The van der Waals surface area contributed by atoms with E-state index in [4.69, 9.17) is 15.0 Å². The number of nitrogens with zero attached hydrogens (tertiary/aromatic N) is 5. The van der Waals surface area contributed by atoms with Gasteiger partial charge in [-0.15, -0.1) is 0 Å². The molecule has 0 fully saturated rings. The Morgan fingerprint density at radius 1 is 0.362 bits per heavy atom. The van der Waals surface area contributed by atoms with Crippen LogP contribution in [0.15, 0.2) is 164 Å². The third-order valence-electron chi connectivity index (χ3n) is 11.0. The Balaban J connectivity index is 1.27. The maximum absolute atomic E-state index is 5.32. The Hall–Kier alpha value is -7.11. The molecule has 5 heteroatoms. The zero-order valence-electron chi connectivity index (χ0n) is 33.8. The Kier molecular flexibility index (Phi) is 9.50. The Bertz CT molecular complexity index is 2860. The SMILES string of the molecule is Cc1cc(C)c(N(c2ccc(N(c3ccc4ccccc4c3)c3nc(-c4ccccc4)nc(-c4cccc5ccccc45)n3)cc2)c2c(C)cc(C)cc2C)c(C)c1. The average Bonchev–Trinajstić information content (AvgIpc) is 3.23. The van der Waals surface area contributed by atoms with E-state index in [0.29, 0.717) is 17.6 Å². The maximum Gasteiger partial charge on any atom is 0.238 e. The normalized spacial score (nSPS) is 11.3. The second-order valence-corrected chi connectivity index (χ2v) is 15.4. The summed E-state index contributed by atoms with van der Waals surface area (Å²) < 4.78 is 0. The number of fused-ring (bicyclic) bond motifs is 2. The summed E-state index contributed by atoms with van der Waals surface area (Å²) >= 11 is 0. The van der Waals surface area contributed by atoms with E-state index in [0.717, 1.165) is 44.3 Å². The van der Waals surface area contributed by atoms with Crippen molar-refractivity contribution in [2.45, 2.75) is 41.5 Å². The lowest BCUT2D eigenvalue weighted by molar-refractivity contribution is 1.02. The lowest BCUT2D eigenvalue weighted by Crippen LogP contribution is -2.17. The molecule has 9 aromatic rings. The van der Waals surface area contributed by atoms with Gasteiger partial charge in [0.05, 0.1) is 11.4 Å². The van der Waals surface area contributed by atoms with Crippen molar-refractivity contribution in [2.24, 2.45) is 0 Å². The van der Waals surface area contributed by atoms with Crippen molar-refractivity contribution in [3.63, 3.8) is 0 Å². The van der Waals surface area contributed by atoms with E-state index in [1.165, 1.54) is 50.1 Å². The fourth-order valence-corrected chi connectivity index (χ4v) is 8.59. The van der Waals surface area contributed by atoms with Crippen molar-refractivity contribution in [3.8, 4) is 22.8 Å². The van der Waals surface area contributed by atoms with E-state index >= 15 is 0 Å². The van der Waals surface area contributed by atoms with Crippen LogP contribution in [0.3, 0.4) is 0 Å². The minimum Gasteiger partial charge on any atom is -0.309 e. The van der Waals surface area contributed by atoms with Gasteiger partial charge in [-0.3, -0.25) is 4.90 Å². The molecule has 1 aromatic heterocycles. The molecule has 0 aliphatic rings. The van der Waals surface area contributed by atoms with Gasteiger partial charge in [-0.2, -0.15) is 9.97 Å². The second kappa shape index (κ2) is 15.1. The van der Waals surface area contributed by atoms with Crippen molar-refractivity contribution < 1.29 is 0 Å². The summed E-state index contributed by atoms with van der Waals surface area (Å²) in [7, 11) is 0. The number of aromatic nitrogens is 3. The molecule has 0 atom stereocenters. The van der Waals surface area contributed by atoms with Crippen LogP contribution in [-0.4, -0.2) is 15.0 Å². The van der Waals surface area contributed by atoms with E-state index in [-0.39, 0.29) is 0 Å². The largest absolute Gasteiger partial charge is 0.309 e. The number of anilines is 6. The number of benzene rings is 8. The van der Waals surface area contributed by atoms with Gasteiger partial charge in [0.2, 0.25) is 5.95 Å². The monoisotopic (exact) mass is 751 g/mol. The van der Waals surface area contributed by atoms with E-state index in [1.54, 1.807) is 0 Å². The molecule has 9 rings (SSSR count). The molecular weight excluding hydrogens is 707 g/mol. The number of rotatable bonds is 8. The van der Waals surface area contributed by atoms with Crippen molar-refractivity contribution >= 4 is 55.9 Å². The van der Waals surface area contributed by atoms with Crippen LogP contribution in [0.5, 0.6) is 0 Å². The van der Waals surface area contributed by atoms with Crippen molar-refractivity contribution in [1.82, 2.24) is 15.0 Å². The topological polar surface area (TPSA) is 45.2 Å². The Morgan fingerprint density at radius 2 is 0.862 bits per heavy atom. The van der Waals surface area contributed by atoms with Gasteiger partial charge in [0.25, 0.3) is 0 Å². The highest BCUT2D eigenvalue weighted by Crippen LogP contribution is 2.44. The van der Waals surface area contributed by atoms with Crippen LogP contribution in [0.4, 0.5) is 34.4 Å². The van der Waals surface area contributed by atoms with Crippen molar-refractivity contribution in [3.05, 3.63) is 197 Å². The first-order valence-electron chi connectivity index (χ1n) is 19.9. The van der Waals surface area contributed by atoms with Gasteiger partial charge in [0.1, 0.15) is 0 Å². The van der Waals surface area contributed by atoms with Gasteiger partial charge in [0.15, 0.2) is 11.6 Å². The smallest absolute Gasteiger partial charge is 0.238 e. The molecule has 282 valence electrons. The summed E-state index contributed by atoms with van der Waals surface area (Å²) in [5.41, 5.74) is 14.7. The molecule has 58 heavy (non-hydrogen) atoms. The number of hydrogen-bond acceptors (Lipinski definition) is 5. The summed E-state index contributed by atoms with van der Waals surface area (Å²) in [6, 6.07) is 57.8. The van der Waals surface area contributed by atoms with Gasteiger partial charge in [0, 0.05) is 28.2 Å². The van der Waals surface area contributed by atoms with E-state index in [2.05, 4.69) is 197 Å². The Morgan fingerprint density at radius 3 is 1.50 bits per heavy atom. The summed E-state index contributed by atoms with van der Waals surface area (Å²) in [5, 5.41) is 4.52. The zero-order chi connectivity index (χ0) is 39.9. The minimum atomic E-state index is 0.534. The summed E-state index contributed by atoms with van der Waals surface area (Å²) in [5.74, 6) is 1.76. The predicted molar refractivity (Wildman–Crippen MR) is 243 cm³/mol. The van der Waals surface area contributed by atoms with Crippen LogP contribution in [-0.2, 0) is 0 Å². The molecule has 1 heterocycles. The first-order valence-corrected chi connectivity index (χ1v) is 19.9. The average molecular weight is 752 g/mol. The fraction of sp³-hybridized carbons (Fsp3) is 0.113. The van der Waals surface area contributed by atoms with Crippen LogP contribution in [0.2, 0.25) is 0 Å². The van der Waals surface area contributed by atoms with Gasteiger partial charge >= 0.3 is 0 Å². The third-order valence-corrected chi connectivity index (χ3v) is 11.0. The number of aryl methyl sites for hydroxylation is 6. The standard InChI is InChI=1S/C53H45N5/c1-34-29-36(3)49(37(4)30-34)58(50-38(5)31-35(2)32-39(50)6)45-27-25-44(26-28-45)57(46-24-23-40-15-10-11-19-43(40)33-46)53-55-51(42-17-8-7-9-18-42)54-52(56-53)48-22-14-20-41-16-12-13-21-47(41)48/h7-33H,1-6H3. The molecule has 0 spiro atoms. The van der Waals surface area contributed by atoms with E-state index in [1.807, 2.05) is 18.2 Å². The van der Waals surface area contributed by atoms with Crippen LogP contribution in [0.1, 0.15) is 33.4 Å².